The van der Waals surface area contributed by atoms with Crippen molar-refractivity contribution in [3.63, 3.8) is 0 Å². The molecular weight excluding hydrogens is 294 g/mol. The molecule has 0 saturated heterocycles. The van der Waals surface area contributed by atoms with Crippen LogP contribution < -0.4 is 5.32 Å². The first-order chi connectivity index (χ1) is 10.8. The molecule has 1 aromatic carbocycles. The highest BCUT2D eigenvalue weighted by Gasteiger charge is 2.34. The molecular formula is C18H27NO4. The number of amides is 1. The Labute approximate surface area is 138 Å². The fraction of sp³-hybridized carbons (Fsp3) is 0.611. The first-order valence-electron chi connectivity index (χ1n) is 8.18. The van der Waals surface area contributed by atoms with Crippen molar-refractivity contribution in [2.75, 3.05) is 0 Å². The Hall–Kier alpha value is -1.59. The molecule has 1 saturated carbocycles. The molecule has 0 bridgehead atoms. The highest BCUT2D eigenvalue weighted by atomic mass is 16.6. The molecule has 128 valence electrons. The van der Waals surface area contributed by atoms with Gasteiger partial charge in [0.15, 0.2) is 0 Å². The molecule has 0 spiro atoms. The van der Waals surface area contributed by atoms with Crippen molar-refractivity contribution >= 4 is 6.09 Å². The number of hydrogen-bond donors (Lipinski definition) is 2. The average Bonchev–Trinajstić information content (AvgIpc) is 2.47. The van der Waals surface area contributed by atoms with E-state index in [4.69, 9.17) is 9.47 Å². The Morgan fingerprint density at radius 3 is 2.61 bits per heavy atom. The van der Waals surface area contributed by atoms with E-state index in [-0.39, 0.29) is 12.1 Å². The Balaban J connectivity index is 1.85. The van der Waals surface area contributed by atoms with Gasteiger partial charge in [-0.25, -0.2) is 4.79 Å². The maximum absolute atomic E-state index is 11.9. The maximum Gasteiger partial charge on any atom is 0.407 e. The number of benzene rings is 1. The molecule has 23 heavy (non-hydrogen) atoms. The summed E-state index contributed by atoms with van der Waals surface area (Å²) in [4.78, 5) is 11.9. The number of aliphatic hydroxyl groups excluding tert-OH is 1. The lowest BCUT2D eigenvalue weighted by Crippen LogP contribution is -2.52. The molecule has 5 heteroatoms. The molecule has 2 N–H and O–H groups in total. The second-order valence-electron chi connectivity index (χ2n) is 7.01. The van der Waals surface area contributed by atoms with E-state index in [1.54, 1.807) is 0 Å². The van der Waals surface area contributed by atoms with E-state index in [0.717, 1.165) is 24.8 Å². The van der Waals surface area contributed by atoms with E-state index in [2.05, 4.69) is 5.32 Å². The largest absolute Gasteiger partial charge is 0.444 e. The van der Waals surface area contributed by atoms with Gasteiger partial charge in [-0.3, -0.25) is 0 Å². The third kappa shape index (κ3) is 5.84. The summed E-state index contributed by atoms with van der Waals surface area (Å²) < 4.78 is 11.1. The minimum absolute atomic E-state index is 0.274. The van der Waals surface area contributed by atoms with Crippen molar-refractivity contribution in [1.82, 2.24) is 5.32 Å². The van der Waals surface area contributed by atoms with Gasteiger partial charge in [-0.2, -0.15) is 0 Å². The number of carbonyl (C=O) groups excluding carboxylic acids is 1. The zero-order chi connectivity index (χ0) is 16.9. The number of rotatable bonds is 4. The van der Waals surface area contributed by atoms with Gasteiger partial charge in [0.2, 0.25) is 0 Å². The van der Waals surface area contributed by atoms with Crippen molar-refractivity contribution in [3.8, 4) is 0 Å². The molecule has 0 aromatic heterocycles. The quantitative estimate of drug-likeness (QED) is 0.894. The number of ether oxygens (including phenoxy) is 2. The Morgan fingerprint density at radius 2 is 1.96 bits per heavy atom. The summed E-state index contributed by atoms with van der Waals surface area (Å²) in [5, 5.41) is 13.2. The van der Waals surface area contributed by atoms with Crippen LogP contribution >= 0.6 is 0 Å². The van der Waals surface area contributed by atoms with E-state index in [9.17, 15) is 9.90 Å². The van der Waals surface area contributed by atoms with E-state index >= 15 is 0 Å². The Kier molecular flexibility index (Phi) is 6.02. The molecule has 2 rings (SSSR count). The highest BCUT2D eigenvalue weighted by molar-refractivity contribution is 5.68. The van der Waals surface area contributed by atoms with Crippen LogP contribution in [0, 0.1) is 0 Å². The smallest absolute Gasteiger partial charge is 0.407 e. The first kappa shape index (κ1) is 17.8. The molecule has 1 amide bonds. The van der Waals surface area contributed by atoms with Crippen molar-refractivity contribution in [1.29, 1.82) is 0 Å². The van der Waals surface area contributed by atoms with Gasteiger partial charge < -0.3 is 19.9 Å². The van der Waals surface area contributed by atoms with Crippen molar-refractivity contribution in [2.24, 2.45) is 0 Å². The normalized spacial score (nSPS) is 25.0. The predicted molar refractivity (Wildman–Crippen MR) is 88.0 cm³/mol. The third-order valence-electron chi connectivity index (χ3n) is 3.81. The molecule has 3 atom stereocenters. The van der Waals surface area contributed by atoms with Crippen LogP contribution in [0.3, 0.4) is 0 Å². The predicted octanol–water partition coefficient (Wildman–Crippen LogP) is 3.01. The average molecular weight is 321 g/mol. The van der Waals surface area contributed by atoms with Crippen molar-refractivity contribution in [3.05, 3.63) is 35.9 Å². The van der Waals surface area contributed by atoms with Gasteiger partial charge in [-0.15, -0.1) is 0 Å². The van der Waals surface area contributed by atoms with Crippen LogP contribution in [0.25, 0.3) is 0 Å². The third-order valence-corrected chi connectivity index (χ3v) is 3.81. The van der Waals surface area contributed by atoms with E-state index < -0.39 is 17.8 Å². The van der Waals surface area contributed by atoms with Crippen LogP contribution in [0.2, 0.25) is 0 Å². The number of carbonyl (C=O) groups is 1. The molecule has 5 nitrogen and oxygen atoms in total. The van der Waals surface area contributed by atoms with Crippen LogP contribution in [-0.2, 0) is 16.1 Å². The number of nitrogens with one attached hydrogen (secondary N) is 1. The van der Waals surface area contributed by atoms with Crippen molar-refractivity contribution < 1.29 is 19.4 Å². The Morgan fingerprint density at radius 1 is 1.26 bits per heavy atom. The summed E-state index contributed by atoms with van der Waals surface area (Å²) in [6.07, 6.45) is 0.928. The van der Waals surface area contributed by atoms with E-state index in [1.807, 2.05) is 51.1 Å². The van der Waals surface area contributed by atoms with Gasteiger partial charge in [0.1, 0.15) is 11.7 Å². The Bertz CT molecular complexity index is 497. The van der Waals surface area contributed by atoms with Crippen LogP contribution in [0.5, 0.6) is 0 Å². The minimum Gasteiger partial charge on any atom is -0.444 e. The topological polar surface area (TPSA) is 67.8 Å². The summed E-state index contributed by atoms with van der Waals surface area (Å²) in [6, 6.07) is 9.53. The number of aliphatic hydroxyl groups is 1. The molecule has 1 aliphatic rings. The summed E-state index contributed by atoms with van der Waals surface area (Å²) in [7, 11) is 0. The molecule has 1 aliphatic carbocycles. The lowest BCUT2D eigenvalue weighted by molar-refractivity contribution is -0.0800. The second kappa shape index (κ2) is 7.79. The summed E-state index contributed by atoms with van der Waals surface area (Å²) in [5.74, 6) is 0. The van der Waals surface area contributed by atoms with Gasteiger partial charge >= 0.3 is 6.09 Å². The highest BCUT2D eigenvalue weighted by Crippen LogP contribution is 2.23. The van der Waals surface area contributed by atoms with Crippen LogP contribution in [0.4, 0.5) is 4.79 Å². The zero-order valence-electron chi connectivity index (χ0n) is 14.1. The fourth-order valence-electron chi connectivity index (χ4n) is 2.72. The SMILES string of the molecule is CC(C)(C)OC(=O)NC1CCCC(OCc2ccccc2)C1O. The van der Waals surface area contributed by atoms with Crippen LogP contribution in [0.15, 0.2) is 30.3 Å². The first-order valence-corrected chi connectivity index (χ1v) is 8.18. The minimum atomic E-state index is -0.722. The summed E-state index contributed by atoms with van der Waals surface area (Å²) >= 11 is 0. The maximum atomic E-state index is 11.9. The van der Waals surface area contributed by atoms with Crippen LogP contribution in [0.1, 0.15) is 45.6 Å². The summed E-state index contributed by atoms with van der Waals surface area (Å²) in [6.45, 7) is 5.91. The van der Waals surface area contributed by atoms with Gasteiger partial charge in [-0.1, -0.05) is 30.3 Å². The number of alkyl carbamates (subject to hydrolysis) is 1. The second-order valence-corrected chi connectivity index (χ2v) is 7.01. The van der Waals surface area contributed by atoms with Gasteiger partial charge in [0.05, 0.1) is 18.8 Å². The van der Waals surface area contributed by atoms with Gasteiger partial charge in [0.25, 0.3) is 0 Å². The summed E-state index contributed by atoms with van der Waals surface area (Å²) in [5.41, 5.74) is 0.523. The molecule has 1 fully saturated rings. The van der Waals surface area contributed by atoms with Gasteiger partial charge in [-0.05, 0) is 45.6 Å². The fourth-order valence-corrected chi connectivity index (χ4v) is 2.72. The monoisotopic (exact) mass is 321 g/mol. The lowest BCUT2D eigenvalue weighted by atomic mass is 9.90. The molecule has 1 aromatic rings. The van der Waals surface area contributed by atoms with Gasteiger partial charge in [0, 0.05) is 0 Å². The molecule has 0 radical (unpaired) electrons. The zero-order valence-corrected chi connectivity index (χ0v) is 14.1. The number of hydrogen-bond acceptors (Lipinski definition) is 4. The van der Waals surface area contributed by atoms with E-state index in [1.165, 1.54) is 0 Å². The molecule has 0 heterocycles. The van der Waals surface area contributed by atoms with E-state index in [0.29, 0.717) is 6.61 Å². The molecule has 0 aliphatic heterocycles. The molecule has 3 unspecified atom stereocenters. The lowest BCUT2D eigenvalue weighted by Gasteiger charge is -2.35. The van der Waals surface area contributed by atoms with Crippen molar-refractivity contribution in [2.45, 2.75) is 70.5 Å². The standard InChI is InChI=1S/C18H27NO4/c1-18(2,3)23-17(21)19-14-10-7-11-15(16(14)20)22-12-13-8-5-4-6-9-13/h4-6,8-9,14-16,20H,7,10-12H2,1-3H3,(H,19,21). The van der Waals surface area contributed by atoms with Crippen LogP contribution in [-0.4, -0.2) is 35.1 Å².